The van der Waals surface area contributed by atoms with E-state index in [1.807, 2.05) is 23.1 Å². The summed E-state index contributed by atoms with van der Waals surface area (Å²) in [4.78, 5) is 20.0. The van der Waals surface area contributed by atoms with Crippen LogP contribution in [0.15, 0.2) is 54.6 Å². The highest BCUT2D eigenvalue weighted by molar-refractivity contribution is 5.96. The van der Waals surface area contributed by atoms with Crippen molar-refractivity contribution in [2.45, 2.75) is 53.5 Å². The number of carbonyl (C=O) groups excluding carboxylic acids is 1. The van der Waals surface area contributed by atoms with E-state index in [4.69, 9.17) is 4.98 Å². The standard InChI is InChI=1S/C29H31N3O/c1-18-10-12-24(13-11-18)31-16-23(15-28(31)33)29-30-26-8-6-7-9-27(26)32(29)17-25-21(4)19(2)14-20(3)22(25)5/h6-14,23H,15-17H2,1-5H3/t23-/m1/s1. The lowest BCUT2D eigenvalue weighted by Crippen LogP contribution is -2.24. The van der Waals surface area contributed by atoms with Gasteiger partial charge >= 0.3 is 0 Å². The van der Waals surface area contributed by atoms with Crippen molar-refractivity contribution in [2.24, 2.45) is 0 Å². The molecule has 4 heteroatoms. The number of imidazole rings is 1. The smallest absolute Gasteiger partial charge is 0.227 e. The van der Waals surface area contributed by atoms with Gasteiger partial charge in [-0.15, -0.1) is 0 Å². The Bertz CT molecular complexity index is 1340. The van der Waals surface area contributed by atoms with E-state index in [0.29, 0.717) is 13.0 Å². The monoisotopic (exact) mass is 437 g/mol. The average molecular weight is 438 g/mol. The van der Waals surface area contributed by atoms with Gasteiger partial charge in [0, 0.05) is 31.1 Å². The molecule has 2 heterocycles. The Balaban J connectivity index is 1.57. The van der Waals surface area contributed by atoms with Crippen molar-refractivity contribution in [3.8, 4) is 0 Å². The molecule has 1 aromatic heterocycles. The Kier molecular flexibility index (Phi) is 5.32. The number of amides is 1. The SMILES string of the molecule is Cc1ccc(N2C[C@H](c3nc4ccccc4n3Cc3c(C)c(C)cc(C)c3C)CC2=O)cc1. The molecule has 4 nitrogen and oxygen atoms in total. The van der Waals surface area contributed by atoms with Crippen molar-refractivity contribution >= 4 is 22.6 Å². The Morgan fingerprint density at radius 1 is 0.909 bits per heavy atom. The molecule has 4 aromatic rings. The largest absolute Gasteiger partial charge is 0.323 e. The first kappa shape index (κ1) is 21.4. The van der Waals surface area contributed by atoms with Crippen LogP contribution in [0.1, 0.15) is 51.5 Å². The van der Waals surface area contributed by atoms with Crippen LogP contribution in [0.5, 0.6) is 0 Å². The molecule has 1 fully saturated rings. The predicted octanol–water partition coefficient (Wildman–Crippen LogP) is 6.15. The fraction of sp³-hybridized carbons (Fsp3) is 0.310. The van der Waals surface area contributed by atoms with Gasteiger partial charge in [0.25, 0.3) is 0 Å². The summed E-state index contributed by atoms with van der Waals surface area (Å²) in [6.07, 6.45) is 0.488. The van der Waals surface area contributed by atoms with Crippen molar-refractivity contribution < 1.29 is 4.79 Å². The highest BCUT2D eigenvalue weighted by Crippen LogP contribution is 2.34. The summed E-state index contributed by atoms with van der Waals surface area (Å²) in [6, 6.07) is 18.8. The number of aromatic nitrogens is 2. The molecule has 0 saturated carbocycles. The second-order valence-corrected chi connectivity index (χ2v) is 9.52. The summed E-state index contributed by atoms with van der Waals surface area (Å²) in [5, 5.41) is 0. The minimum Gasteiger partial charge on any atom is -0.323 e. The van der Waals surface area contributed by atoms with Crippen molar-refractivity contribution in [3.05, 3.63) is 93.8 Å². The van der Waals surface area contributed by atoms with Crippen molar-refractivity contribution in [1.82, 2.24) is 9.55 Å². The van der Waals surface area contributed by atoms with Gasteiger partial charge in [-0.2, -0.15) is 0 Å². The summed E-state index contributed by atoms with van der Waals surface area (Å²) in [5.41, 5.74) is 11.0. The molecule has 0 unspecified atom stereocenters. The number of fused-ring (bicyclic) bond motifs is 1. The third kappa shape index (κ3) is 3.74. The summed E-state index contributed by atoms with van der Waals surface area (Å²) in [6.45, 7) is 12.3. The Morgan fingerprint density at radius 2 is 1.58 bits per heavy atom. The van der Waals surface area contributed by atoms with Gasteiger partial charge < -0.3 is 9.47 Å². The van der Waals surface area contributed by atoms with E-state index in [1.165, 1.54) is 33.4 Å². The van der Waals surface area contributed by atoms with Crippen LogP contribution in [0, 0.1) is 34.6 Å². The van der Waals surface area contributed by atoms with Crippen molar-refractivity contribution in [3.63, 3.8) is 0 Å². The van der Waals surface area contributed by atoms with Gasteiger partial charge in [0.05, 0.1) is 11.0 Å². The Morgan fingerprint density at radius 3 is 2.27 bits per heavy atom. The number of carbonyl (C=O) groups is 1. The highest BCUT2D eigenvalue weighted by atomic mass is 16.2. The topological polar surface area (TPSA) is 38.1 Å². The van der Waals surface area contributed by atoms with Crippen LogP contribution in [-0.2, 0) is 11.3 Å². The van der Waals surface area contributed by atoms with Crippen molar-refractivity contribution in [2.75, 3.05) is 11.4 Å². The third-order valence-electron chi connectivity index (χ3n) is 7.36. The Labute approximate surface area is 195 Å². The normalized spacial score (nSPS) is 16.2. The first-order valence-corrected chi connectivity index (χ1v) is 11.7. The molecule has 1 aliphatic heterocycles. The third-order valence-corrected chi connectivity index (χ3v) is 7.36. The fourth-order valence-electron chi connectivity index (χ4n) is 5.12. The molecule has 5 rings (SSSR count). The molecule has 168 valence electrons. The number of aryl methyl sites for hydroxylation is 3. The van der Waals surface area contributed by atoms with Crippen LogP contribution in [0.2, 0.25) is 0 Å². The van der Waals surface area contributed by atoms with E-state index in [1.54, 1.807) is 0 Å². The van der Waals surface area contributed by atoms with Gasteiger partial charge in [0.2, 0.25) is 5.91 Å². The molecule has 33 heavy (non-hydrogen) atoms. The molecule has 0 aliphatic carbocycles. The molecule has 0 bridgehead atoms. The van der Waals surface area contributed by atoms with Crippen LogP contribution in [0.3, 0.4) is 0 Å². The van der Waals surface area contributed by atoms with Crippen LogP contribution < -0.4 is 4.90 Å². The lowest BCUT2D eigenvalue weighted by atomic mass is 9.94. The first-order valence-electron chi connectivity index (χ1n) is 11.7. The van der Waals surface area contributed by atoms with E-state index in [2.05, 4.69) is 75.6 Å². The molecule has 1 amide bonds. The maximum atomic E-state index is 13.0. The van der Waals surface area contributed by atoms with Crippen LogP contribution >= 0.6 is 0 Å². The Hall–Kier alpha value is -3.40. The molecule has 1 atom stereocenters. The minimum atomic E-state index is 0.0673. The van der Waals surface area contributed by atoms with Crippen LogP contribution in [0.25, 0.3) is 11.0 Å². The van der Waals surface area contributed by atoms with E-state index in [-0.39, 0.29) is 11.8 Å². The van der Waals surface area contributed by atoms with E-state index < -0.39 is 0 Å². The van der Waals surface area contributed by atoms with E-state index in [9.17, 15) is 4.79 Å². The fourth-order valence-corrected chi connectivity index (χ4v) is 5.12. The van der Waals surface area contributed by atoms with E-state index in [0.717, 1.165) is 29.1 Å². The van der Waals surface area contributed by atoms with Gasteiger partial charge in [-0.3, -0.25) is 4.79 Å². The number of benzene rings is 3. The molecule has 1 aliphatic rings. The molecule has 1 saturated heterocycles. The summed E-state index contributed by atoms with van der Waals surface area (Å²) >= 11 is 0. The molecule has 0 N–H and O–H groups in total. The van der Waals surface area contributed by atoms with Gasteiger partial charge in [0.1, 0.15) is 5.82 Å². The van der Waals surface area contributed by atoms with Crippen LogP contribution in [-0.4, -0.2) is 22.0 Å². The number of rotatable bonds is 4. The van der Waals surface area contributed by atoms with Gasteiger partial charge in [-0.05, 0) is 86.7 Å². The predicted molar refractivity (Wildman–Crippen MR) is 135 cm³/mol. The summed E-state index contributed by atoms with van der Waals surface area (Å²) in [5.74, 6) is 1.25. The maximum Gasteiger partial charge on any atom is 0.227 e. The number of hydrogen-bond acceptors (Lipinski definition) is 2. The number of anilines is 1. The lowest BCUT2D eigenvalue weighted by molar-refractivity contribution is -0.117. The second-order valence-electron chi connectivity index (χ2n) is 9.52. The van der Waals surface area contributed by atoms with Gasteiger partial charge in [-0.25, -0.2) is 4.98 Å². The zero-order valence-corrected chi connectivity index (χ0v) is 20.1. The van der Waals surface area contributed by atoms with Gasteiger partial charge in [0.15, 0.2) is 0 Å². The number of nitrogens with zero attached hydrogens (tertiary/aromatic N) is 3. The average Bonchev–Trinajstić information content (AvgIpc) is 3.36. The quantitative estimate of drug-likeness (QED) is 0.384. The number of hydrogen-bond donors (Lipinski definition) is 0. The lowest BCUT2D eigenvalue weighted by Gasteiger charge is -2.20. The molecule has 0 spiro atoms. The molecular formula is C29H31N3O. The van der Waals surface area contributed by atoms with E-state index >= 15 is 0 Å². The number of para-hydroxylation sites is 2. The van der Waals surface area contributed by atoms with Gasteiger partial charge in [-0.1, -0.05) is 35.9 Å². The zero-order chi connectivity index (χ0) is 23.3. The summed E-state index contributed by atoms with van der Waals surface area (Å²) < 4.78 is 2.35. The molecular weight excluding hydrogens is 406 g/mol. The van der Waals surface area contributed by atoms with Crippen molar-refractivity contribution in [1.29, 1.82) is 0 Å². The maximum absolute atomic E-state index is 13.0. The zero-order valence-electron chi connectivity index (χ0n) is 20.1. The summed E-state index contributed by atoms with van der Waals surface area (Å²) in [7, 11) is 0. The highest BCUT2D eigenvalue weighted by Gasteiger charge is 2.35. The minimum absolute atomic E-state index is 0.0673. The molecule has 0 radical (unpaired) electrons. The second kappa shape index (κ2) is 8.18. The molecule has 3 aromatic carbocycles. The first-order chi connectivity index (χ1) is 15.8. The van der Waals surface area contributed by atoms with Crippen LogP contribution in [0.4, 0.5) is 5.69 Å².